The molecule has 2 aromatic rings. The molecule has 2 aromatic carbocycles. The molecule has 1 heterocycles. The van der Waals surface area contributed by atoms with Crippen molar-refractivity contribution in [1.29, 1.82) is 5.26 Å². The van der Waals surface area contributed by atoms with Crippen LogP contribution in [0.5, 0.6) is 11.5 Å². The fourth-order valence-corrected chi connectivity index (χ4v) is 3.36. The third-order valence-electron chi connectivity index (χ3n) is 5.02. The molecule has 0 bridgehead atoms. The topological polar surface area (TPSA) is 114 Å². The number of anilines is 1. The smallest absolute Gasteiger partial charge is 0.395 e. The van der Waals surface area contributed by atoms with Crippen LogP contribution in [0.3, 0.4) is 0 Å². The van der Waals surface area contributed by atoms with Gasteiger partial charge in [0, 0.05) is 5.56 Å². The molecule has 1 amide bonds. The van der Waals surface area contributed by atoms with Gasteiger partial charge in [-0.2, -0.15) is 5.26 Å². The third kappa shape index (κ3) is 3.26. The van der Waals surface area contributed by atoms with Crippen molar-refractivity contribution in [1.82, 2.24) is 0 Å². The lowest BCUT2D eigenvalue weighted by molar-refractivity contribution is -0.385. The Labute approximate surface area is 167 Å². The Morgan fingerprint density at radius 3 is 2.57 bits per heavy atom. The Balaban J connectivity index is 1.61. The highest BCUT2D eigenvalue weighted by Crippen LogP contribution is 2.52. The maximum absolute atomic E-state index is 14.3. The maximum Gasteiger partial charge on any atom is 0.586 e. The van der Waals surface area contributed by atoms with Crippen molar-refractivity contribution >= 4 is 17.3 Å². The predicted octanol–water partition coefficient (Wildman–Crippen LogP) is 3.79. The molecular formula is C19H12F3N3O5. The first-order valence-electron chi connectivity index (χ1n) is 8.71. The van der Waals surface area contributed by atoms with Crippen molar-refractivity contribution in [3.05, 3.63) is 57.4 Å². The summed E-state index contributed by atoms with van der Waals surface area (Å²) >= 11 is 0. The van der Waals surface area contributed by atoms with E-state index < -0.39 is 34.0 Å². The minimum atomic E-state index is -3.79. The molecule has 0 spiro atoms. The molecule has 1 aliphatic heterocycles. The first kappa shape index (κ1) is 19.5. The molecular weight excluding hydrogens is 407 g/mol. The second-order valence-electron chi connectivity index (χ2n) is 6.92. The van der Waals surface area contributed by atoms with Crippen LogP contribution in [-0.2, 0) is 16.6 Å². The van der Waals surface area contributed by atoms with Crippen molar-refractivity contribution in [2.75, 3.05) is 5.32 Å². The van der Waals surface area contributed by atoms with Crippen molar-refractivity contribution in [2.45, 2.75) is 31.0 Å². The Hall–Kier alpha value is -3.81. The Morgan fingerprint density at radius 2 is 1.93 bits per heavy atom. The maximum atomic E-state index is 14.3. The zero-order valence-electron chi connectivity index (χ0n) is 15.1. The van der Waals surface area contributed by atoms with Gasteiger partial charge in [-0.3, -0.25) is 14.9 Å². The summed E-state index contributed by atoms with van der Waals surface area (Å²) in [7, 11) is 0. The van der Waals surface area contributed by atoms with Crippen LogP contribution >= 0.6 is 0 Å². The van der Waals surface area contributed by atoms with Crippen LogP contribution in [0.25, 0.3) is 0 Å². The van der Waals surface area contributed by atoms with Gasteiger partial charge >= 0.3 is 6.29 Å². The van der Waals surface area contributed by atoms with E-state index in [-0.39, 0.29) is 29.2 Å². The summed E-state index contributed by atoms with van der Waals surface area (Å²) in [5, 5.41) is 22.3. The number of carbonyl (C=O) groups excluding carboxylic acids is 1. The number of fused-ring (bicyclic) bond motifs is 1. The molecule has 0 aromatic heterocycles. The summed E-state index contributed by atoms with van der Waals surface area (Å²) in [5.41, 5.74) is -1.62. The van der Waals surface area contributed by atoms with E-state index in [4.69, 9.17) is 5.26 Å². The van der Waals surface area contributed by atoms with Crippen LogP contribution in [0.4, 0.5) is 24.5 Å². The molecule has 1 aliphatic carbocycles. The van der Waals surface area contributed by atoms with Crippen molar-refractivity contribution in [3.8, 4) is 17.6 Å². The first-order valence-corrected chi connectivity index (χ1v) is 8.71. The predicted molar refractivity (Wildman–Crippen MR) is 94.6 cm³/mol. The average Bonchev–Trinajstić information content (AvgIpc) is 3.41. The molecule has 0 unspecified atom stereocenters. The Bertz CT molecular complexity index is 1130. The third-order valence-corrected chi connectivity index (χ3v) is 5.02. The number of benzene rings is 2. The summed E-state index contributed by atoms with van der Waals surface area (Å²) in [4.78, 5) is 23.1. The summed E-state index contributed by atoms with van der Waals surface area (Å²) in [6.07, 6.45) is -3.37. The van der Waals surface area contributed by atoms with E-state index >= 15 is 0 Å². The number of nitrogens with one attached hydrogen (secondary N) is 1. The van der Waals surface area contributed by atoms with Crippen molar-refractivity contribution in [3.63, 3.8) is 0 Å². The molecule has 30 heavy (non-hydrogen) atoms. The van der Waals surface area contributed by atoms with Crippen LogP contribution in [0.1, 0.15) is 24.0 Å². The summed E-state index contributed by atoms with van der Waals surface area (Å²) in [6.45, 7) is 0. The van der Waals surface area contributed by atoms with Gasteiger partial charge in [-0.25, -0.2) is 4.39 Å². The van der Waals surface area contributed by atoms with Crippen LogP contribution in [-0.4, -0.2) is 17.1 Å². The van der Waals surface area contributed by atoms with Crippen LogP contribution in [0.15, 0.2) is 30.3 Å². The van der Waals surface area contributed by atoms with E-state index in [2.05, 4.69) is 14.8 Å². The monoisotopic (exact) mass is 419 g/mol. The number of amides is 1. The van der Waals surface area contributed by atoms with Crippen molar-refractivity contribution in [2.24, 2.45) is 0 Å². The zero-order valence-corrected chi connectivity index (χ0v) is 15.1. The Morgan fingerprint density at radius 1 is 1.23 bits per heavy atom. The van der Waals surface area contributed by atoms with E-state index in [0.717, 1.165) is 6.07 Å². The largest absolute Gasteiger partial charge is 0.586 e. The number of hydrogen-bond acceptors (Lipinski definition) is 6. The van der Waals surface area contributed by atoms with Gasteiger partial charge in [0.05, 0.1) is 34.6 Å². The lowest BCUT2D eigenvalue weighted by Gasteiger charge is -2.17. The highest BCUT2D eigenvalue weighted by Gasteiger charge is 2.53. The fourth-order valence-electron chi connectivity index (χ4n) is 3.36. The van der Waals surface area contributed by atoms with Crippen LogP contribution < -0.4 is 14.8 Å². The van der Waals surface area contributed by atoms with E-state index in [9.17, 15) is 28.1 Å². The number of hydrogen-bond donors (Lipinski definition) is 1. The standard InChI is InChI=1S/C19H12F3N3O5/c20-12-9-14(25(27)28)10(3-6-23)7-13(12)24-17(26)18(4-5-18)11-1-2-15-16(8-11)30-19(21,22)29-15/h1-2,7-9H,3-5H2,(H,24,26). The van der Waals surface area contributed by atoms with Gasteiger partial charge in [-0.05, 0) is 36.6 Å². The molecule has 1 fully saturated rings. The number of carbonyl (C=O) groups is 1. The van der Waals surface area contributed by atoms with E-state index in [1.54, 1.807) is 6.07 Å². The molecule has 154 valence electrons. The number of halogens is 3. The van der Waals surface area contributed by atoms with Gasteiger partial charge < -0.3 is 14.8 Å². The number of nitriles is 1. The van der Waals surface area contributed by atoms with Gasteiger partial charge in [-0.15, -0.1) is 8.78 Å². The van der Waals surface area contributed by atoms with Gasteiger partial charge in [0.2, 0.25) is 5.91 Å². The zero-order chi connectivity index (χ0) is 21.7. The first-order chi connectivity index (χ1) is 14.1. The number of nitro benzene ring substituents is 1. The summed E-state index contributed by atoms with van der Waals surface area (Å²) < 4.78 is 49.5. The summed E-state index contributed by atoms with van der Waals surface area (Å²) in [6, 6.07) is 7.42. The van der Waals surface area contributed by atoms with E-state index in [1.807, 2.05) is 0 Å². The highest BCUT2D eigenvalue weighted by atomic mass is 19.3. The number of rotatable bonds is 5. The molecule has 1 saturated carbocycles. The molecule has 8 nitrogen and oxygen atoms in total. The highest BCUT2D eigenvalue weighted by molar-refractivity contribution is 6.01. The van der Waals surface area contributed by atoms with Crippen LogP contribution in [0, 0.1) is 27.3 Å². The minimum absolute atomic E-state index is 0.0469. The fraction of sp³-hybridized carbons (Fsp3) is 0.263. The minimum Gasteiger partial charge on any atom is -0.395 e. The molecule has 0 saturated heterocycles. The van der Waals surface area contributed by atoms with Crippen molar-refractivity contribution < 1.29 is 32.4 Å². The second kappa shape index (κ2) is 6.62. The Kier molecular flexibility index (Phi) is 4.30. The average molecular weight is 419 g/mol. The van der Waals surface area contributed by atoms with Gasteiger partial charge in [0.15, 0.2) is 17.3 Å². The molecule has 0 atom stereocenters. The normalized spacial score (nSPS) is 17.1. The van der Waals surface area contributed by atoms with E-state index in [0.29, 0.717) is 24.5 Å². The number of ether oxygens (including phenoxy) is 2. The SMILES string of the molecule is N#CCc1cc(NC(=O)C2(c3ccc4c(c3)OC(F)(F)O4)CC2)c(F)cc1[N+](=O)[O-]. The molecule has 1 N–H and O–H groups in total. The van der Waals surface area contributed by atoms with Crippen LogP contribution in [0.2, 0.25) is 0 Å². The van der Waals surface area contributed by atoms with E-state index in [1.165, 1.54) is 18.2 Å². The number of alkyl halides is 2. The number of nitro groups is 1. The lowest BCUT2D eigenvalue weighted by atomic mass is 9.94. The van der Waals surface area contributed by atoms with Gasteiger partial charge in [-0.1, -0.05) is 6.07 Å². The molecule has 11 heteroatoms. The quantitative estimate of drug-likeness (QED) is 0.583. The van der Waals surface area contributed by atoms with Gasteiger partial charge in [0.1, 0.15) is 0 Å². The molecule has 2 aliphatic rings. The number of nitrogens with zero attached hydrogens (tertiary/aromatic N) is 2. The molecule has 0 radical (unpaired) electrons. The summed E-state index contributed by atoms with van der Waals surface area (Å²) in [5.74, 6) is -2.02. The van der Waals surface area contributed by atoms with Gasteiger partial charge in [0.25, 0.3) is 5.69 Å². The lowest BCUT2D eigenvalue weighted by Crippen LogP contribution is -2.28. The second-order valence-corrected chi connectivity index (χ2v) is 6.92. The molecule has 4 rings (SSSR count).